The van der Waals surface area contributed by atoms with E-state index < -0.39 is 10.0 Å². The number of hydrogen-bond acceptors (Lipinski definition) is 4. The van der Waals surface area contributed by atoms with Gasteiger partial charge in [-0.25, -0.2) is 12.4 Å². The van der Waals surface area contributed by atoms with E-state index in [4.69, 9.17) is 0 Å². The molecule has 1 atom stereocenters. The Morgan fingerprint density at radius 3 is 2.48 bits per heavy atom. The SMILES string of the molecule is CC(=O)NC[C@@H](C)c1cn(S(=O)(=O)c2ccc(C)cc2)c2ccc(O)cc12. The molecule has 0 saturated heterocycles. The monoisotopic (exact) mass is 386 g/mol. The second-order valence-corrected chi connectivity index (χ2v) is 8.55. The number of aromatic nitrogens is 1. The highest BCUT2D eigenvalue weighted by atomic mass is 32.2. The lowest BCUT2D eigenvalue weighted by atomic mass is 10.0. The van der Waals surface area contributed by atoms with Gasteiger partial charge in [-0.2, -0.15) is 0 Å². The number of phenolic OH excluding ortho intramolecular Hbond substituents is 1. The van der Waals surface area contributed by atoms with E-state index in [1.807, 2.05) is 13.8 Å². The maximum Gasteiger partial charge on any atom is 0.268 e. The van der Waals surface area contributed by atoms with E-state index in [1.54, 1.807) is 42.6 Å². The molecule has 142 valence electrons. The minimum atomic E-state index is -3.79. The molecule has 1 amide bonds. The molecule has 0 radical (unpaired) electrons. The number of nitrogens with one attached hydrogen (secondary N) is 1. The molecule has 0 unspecified atom stereocenters. The molecule has 0 aliphatic carbocycles. The van der Waals surface area contributed by atoms with Crippen LogP contribution in [-0.2, 0) is 14.8 Å². The minimum absolute atomic E-state index is 0.0564. The van der Waals surface area contributed by atoms with Crippen molar-refractivity contribution in [2.45, 2.75) is 31.6 Å². The highest BCUT2D eigenvalue weighted by molar-refractivity contribution is 7.90. The lowest BCUT2D eigenvalue weighted by Crippen LogP contribution is -2.24. The summed E-state index contributed by atoms with van der Waals surface area (Å²) in [6.07, 6.45) is 1.58. The summed E-state index contributed by atoms with van der Waals surface area (Å²) in [4.78, 5) is 11.4. The first-order valence-corrected chi connectivity index (χ1v) is 10.0. The second kappa shape index (κ2) is 7.08. The van der Waals surface area contributed by atoms with Gasteiger partial charge in [0.25, 0.3) is 10.0 Å². The van der Waals surface area contributed by atoms with Gasteiger partial charge in [-0.05, 0) is 42.8 Å². The van der Waals surface area contributed by atoms with E-state index >= 15 is 0 Å². The number of nitrogens with zero attached hydrogens (tertiary/aromatic N) is 1. The molecule has 0 aliphatic rings. The van der Waals surface area contributed by atoms with E-state index in [0.29, 0.717) is 17.4 Å². The number of rotatable bonds is 5. The van der Waals surface area contributed by atoms with Crippen LogP contribution in [0.5, 0.6) is 5.75 Å². The zero-order valence-electron chi connectivity index (χ0n) is 15.4. The van der Waals surface area contributed by atoms with Gasteiger partial charge in [0.05, 0.1) is 10.4 Å². The van der Waals surface area contributed by atoms with Crippen molar-refractivity contribution in [1.29, 1.82) is 0 Å². The Hall–Kier alpha value is -2.80. The molecule has 3 aromatic rings. The quantitative estimate of drug-likeness (QED) is 0.705. The Balaban J connectivity index is 2.16. The fraction of sp³-hybridized carbons (Fsp3) is 0.250. The molecule has 0 fully saturated rings. The van der Waals surface area contributed by atoms with Crippen LogP contribution in [0.25, 0.3) is 10.9 Å². The Morgan fingerprint density at radius 1 is 1.19 bits per heavy atom. The number of aromatic hydroxyl groups is 1. The van der Waals surface area contributed by atoms with Crippen molar-refractivity contribution in [1.82, 2.24) is 9.29 Å². The molecule has 7 heteroatoms. The lowest BCUT2D eigenvalue weighted by Gasteiger charge is -2.11. The van der Waals surface area contributed by atoms with E-state index in [-0.39, 0.29) is 22.5 Å². The van der Waals surface area contributed by atoms with Gasteiger partial charge in [-0.15, -0.1) is 0 Å². The summed E-state index contributed by atoms with van der Waals surface area (Å²) in [7, 11) is -3.79. The highest BCUT2D eigenvalue weighted by Gasteiger charge is 2.23. The highest BCUT2D eigenvalue weighted by Crippen LogP contribution is 2.32. The Bertz CT molecular complexity index is 1100. The summed E-state index contributed by atoms with van der Waals surface area (Å²) < 4.78 is 27.6. The van der Waals surface area contributed by atoms with Crippen molar-refractivity contribution in [3.8, 4) is 5.75 Å². The predicted molar refractivity (Wildman–Crippen MR) is 104 cm³/mol. The topological polar surface area (TPSA) is 88.4 Å². The lowest BCUT2D eigenvalue weighted by molar-refractivity contribution is -0.119. The van der Waals surface area contributed by atoms with Gasteiger partial charge in [0.15, 0.2) is 0 Å². The van der Waals surface area contributed by atoms with Crippen LogP contribution in [0.3, 0.4) is 0 Å². The summed E-state index contributed by atoms with van der Waals surface area (Å²) in [6, 6.07) is 11.3. The summed E-state index contributed by atoms with van der Waals surface area (Å²) in [5.74, 6) is -0.227. The fourth-order valence-corrected chi connectivity index (χ4v) is 4.41. The molecular formula is C20H22N2O4S. The largest absolute Gasteiger partial charge is 0.508 e. The van der Waals surface area contributed by atoms with Gasteiger partial charge >= 0.3 is 0 Å². The van der Waals surface area contributed by atoms with Gasteiger partial charge in [0, 0.05) is 31.0 Å². The summed E-state index contributed by atoms with van der Waals surface area (Å²) in [6.45, 7) is 5.60. The Morgan fingerprint density at radius 2 is 1.85 bits per heavy atom. The first kappa shape index (κ1) is 19.0. The van der Waals surface area contributed by atoms with Crippen molar-refractivity contribution < 1.29 is 18.3 Å². The van der Waals surface area contributed by atoms with Crippen molar-refractivity contribution in [2.75, 3.05) is 6.54 Å². The third kappa shape index (κ3) is 3.68. The maximum atomic E-state index is 13.2. The standard InChI is InChI=1S/C20H22N2O4S/c1-13-4-7-17(8-5-13)27(25,26)22-12-19(14(2)11-21-15(3)23)18-10-16(24)6-9-20(18)22/h4-10,12,14,24H,11H2,1-3H3,(H,21,23)/t14-/m1/s1. The minimum Gasteiger partial charge on any atom is -0.508 e. The fourth-order valence-electron chi connectivity index (χ4n) is 3.03. The van der Waals surface area contributed by atoms with Crippen LogP contribution in [-0.4, -0.2) is 29.9 Å². The molecule has 2 aromatic carbocycles. The molecule has 1 aromatic heterocycles. The normalized spacial score (nSPS) is 12.9. The molecule has 2 N–H and O–H groups in total. The molecule has 1 heterocycles. The third-order valence-electron chi connectivity index (χ3n) is 4.55. The number of phenols is 1. The number of amides is 1. The van der Waals surface area contributed by atoms with Gasteiger partial charge in [0.2, 0.25) is 5.91 Å². The zero-order chi connectivity index (χ0) is 19.8. The van der Waals surface area contributed by atoms with Crippen LogP contribution in [0.15, 0.2) is 53.6 Å². The molecule has 0 bridgehead atoms. The van der Waals surface area contributed by atoms with Crippen LogP contribution in [0.1, 0.15) is 30.9 Å². The van der Waals surface area contributed by atoms with Crippen LogP contribution < -0.4 is 5.32 Å². The molecule has 0 saturated carbocycles. The average Bonchev–Trinajstić information content (AvgIpc) is 2.99. The van der Waals surface area contributed by atoms with Crippen molar-refractivity contribution in [3.63, 3.8) is 0 Å². The van der Waals surface area contributed by atoms with E-state index in [0.717, 1.165) is 11.1 Å². The number of aryl methyl sites for hydroxylation is 1. The second-order valence-electron chi connectivity index (χ2n) is 6.74. The first-order chi connectivity index (χ1) is 12.7. The van der Waals surface area contributed by atoms with Crippen LogP contribution in [0.4, 0.5) is 0 Å². The molecule has 6 nitrogen and oxygen atoms in total. The van der Waals surface area contributed by atoms with Crippen molar-refractivity contribution in [3.05, 3.63) is 59.8 Å². The molecular weight excluding hydrogens is 364 g/mol. The van der Waals surface area contributed by atoms with Gasteiger partial charge < -0.3 is 10.4 Å². The van der Waals surface area contributed by atoms with E-state index in [1.165, 1.54) is 17.0 Å². The number of carbonyl (C=O) groups is 1. The van der Waals surface area contributed by atoms with E-state index in [9.17, 15) is 18.3 Å². The van der Waals surface area contributed by atoms with Gasteiger partial charge in [0.1, 0.15) is 5.75 Å². The van der Waals surface area contributed by atoms with Gasteiger partial charge in [-0.1, -0.05) is 24.6 Å². The Kier molecular flexibility index (Phi) is 4.97. The number of fused-ring (bicyclic) bond motifs is 1. The summed E-state index contributed by atoms with van der Waals surface area (Å²) in [5, 5.41) is 13.3. The van der Waals surface area contributed by atoms with Crippen LogP contribution in [0, 0.1) is 6.92 Å². The molecule has 27 heavy (non-hydrogen) atoms. The predicted octanol–water partition coefficient (Wildman–Crippen LogP) is 3.13. The number of carbonyl (C=O) groups excluding carboxylic acids is 1. The molecule has 3 rings (SSSR count). The average molecular weight is 386 g/mol. The number of benzene rings is 2. The van der Waals surface area contributed by atoms with Crippen LogP contribution >= 0.6 is 0 Å². The maximum absolute atomic E-state index is 13.2. The summed E-state index contributed by atoms with van der Waals surface area (Å²) >= 11 is 0. The smallest absolute Gasteiger partial charge is 0.268 e. The van der Waals surface area contributed by atoms with Crippen molar-refractivity contribution in [2.24, 2.45) is 0 Å². The first-order valence-electron chi connectivity index (χ1n) is 8.61. The third-order valence-corrected chi connectivity index (χ3v) is 6.24. The van der Waals surface area contributed by atoms with Crippen molar-refractivity contribution >= 4 is 26.8 Å². The molecule has 0 aliphatic heterocycles. The Labute approximate surface area is 158 Å². The molecule has 0 spiro atoms. The number of hydrogen-bond donors (Lipinski definition) is 2. The zero-order valence-corrected chi connectivity index (χ0v) is 16.2. The van der Waals surface area contributed by atoms with Crippen LogP contribution in [0.2, 0.25) is 0 Å². The van der Waals surface area contributed by atoms with Gasteiger partial charge in [-0.3, -0.25) is 4.79 Å². The van der Waals surface area contributed by atoms with E-state index in [2.05, 4.69) is 5.32 Å². The summed E-state index contributed by atoms with van der Waals surface area (Å²) in [5.41, 5.74) is 2.20.